The van der Waals surface area contributed by atoms with E-state index in [0.717, 1.165) is 6.07 Å². The van der Waals surface area contributed by atoms with E-state index in [1.807, 2.05) is 6.07 Å². The molecule has 0 fully saturated rings. The van der Waals surface area contributed by atoms with Crippen molar-refractivity contribution >= 4 is 11.9 Å². The molecular weight excluding hydrogens is 270 g/mol. The fourth-order valence-corrected chi connectivity index (χ4v) is 2.12. The van der Waals surface area contributed by atoms with Crippen molar-refractivity contribution in [2.75, 3.05) is 0 Å². The van der Waals surface area contributed by atoms with Crippen LogP contribution in [0.3, 0.4) is 0 Å². The van der Waals surface area contributed by atoms with Crippen molar-refractivity contribution in [1.29, 1.82) is 5.26 Å². The summed E-state index contributed by atoms with van der Waals surface area (Å²) in [5.41, 5.74) is 1.82. The van der Waals surface area contributed by atoms with Crippen LogP contribution < -0.4 is 0 Å². The van der Waals surface area contributed by atoms with Gasteiger partial charge in [-0.1, -0.05) is 12.1 Å². The standard InChI is InChI=1S/C16H11NO4/c1-9-13(11-4-2-3-10(5-11)8-17)6-12(15(18)19)7-14(9)16(20)21/h2-7H,1H3,(H,18,19)(H,20,21). The number of aromatic carboxylic acids is 2. The molecule has 2 aromatic rings. The second kappa shape index (κ2) is 5.47. The van der Waals surface area contributed by atoms with E-state index in [2.05, 4.69) is 0 Å². The minimum atomic E-state index is -1.20. The van der Waals surface area contributed by atoms with Crippen molar-refractivity contribution in [1.82, 2.24) is 0 Å². The van der Waals surface area contributed by atoms with Crippen LogP contribution >= 0.6 is 0 Å². The summed E-state index contributed by atoms with van der Waals surface area (Å²) in [5, 5.41) is 27.2. The topological polar surface area (TPSA) is 98.4 Å². The molecule has 2 aromatic carbocycles. The molecule has 5 heteroatoms. The molecule has 0 radical (unpaired) electrons. The van der Waals surface area contributed by atoms with Gasteiger partial charge in [0.2, 0.25) is 0 Å². The van der Waals surface area contributed by atoms with E-state index < -0.39 is 11.9 Å². The van der Waals surface area contributed by atoms with Gasteiger partial charge in [-0.2, -0.15) is 5.26 Å². The molecule has 21 heavy (non-hydrogen) atoms. The molecule has 0 saturated carbocycles. The first-order valence-electron chi connectivity index (χ1n) is 6.06. The summed E-state index contributed by atoms with van der Waals surface area (Å²) in [5.74, 6) is -2.39. The van der Waals surface area contributed by atoms with Gasteiger partial charge < -0.3 is 10.2 Å². The Bertz CT molecular complexity index is 787. The number of benzene rings is 2. The van der Waals surface area contributed by atoms with E-state index >= 15 is 0 Å². The number of carboxylic acids is 2. The Morgan fingerprint density at radius 3 is 2.38 bits per heavy atom. The van der Waals surface area contributed by atoms with Crippen LogP contribution in [0.5, 0.6) is 0 Å². The maximum absolute atomic E-state index is 11.3. The summed E-state index contributed by atoms with van der Waals surface area (Å²) >= 11 is 0. The number of hydrogen-bond donors (Lipinski definition) is 2. The van der Waals surface area contributed by atoms with Crippen LogP contribution in [0.2, 0.25) is 0 Å². The number of nitrogens with zero attached hydrogens (tertiary/aromatic N) is 1. The maximum atomic E-state index is 11.3. The third-order valence-corrected chi connectivity index (χ3v) is 3.19. The summed E-state index contributed by atoms with van der Waals surface area (Å²) in [6.07, 6.45) is 0. The van der Waals surface area contributed by atoms with Crippen molar-refractivity contribution in [3.63, 3.8) is 0 Å². The second-order valence-corrected chi connectivity index (χ2v) is 4.50. The first-order chi connectivity index (χ1) is 9.93. The average Bonchev–Trinajstić information content (AvgIpc) is 2.46. The molecule has 0 atom stereocenters. The molecule has 0 unspecified atom stereocenters. The normalized spacial score (nSPS) is 9.90. The molecule has 0 aliphatic heterocycles. The van der Waals surface area contributed by atoms with Crippen molar-refractivity contribution in [2.24, 2.45) is 0 Å². The Balaban J connectivity index is 2.75. The molecule has 5 nitrogen and oxygen atoms in total. The van der Waals surface area contributed by atoms with Gasteiger partial charge in [-0.05, 0) is 47.9 Å². The molecule has 0 aliphatic carbocycles. The molecule has 2 rings (SSSR count). The van der Waals surface area contributed by atoms with Crippen LogP contribution in [0.4, 0.5) is 0 Å². The lowest BCUT2D eigenvalue weighted by Crippen LogP contribution is -2.06. The quantitative estimate of drug-likeness (QED) is 0.901. The first kappa shape index (κ1) is 14.3. The smallest absolute Gasteiger partial charge is 0.335 e. The average molecular weight is 281 g/mol. The number of rotatable bonds is 3. The van der Waals surface area contributed by atoms with Gasteiger partial charge in [0, 0.05) is 0 Å². The van der Waals surface area contributed by atoms with Gasteiger partial charge in [-0.25, -0.2) is 9.59 Å². The highest BCUT2D eigenvalue weighted by atomic mass is 16.4. The maximum Gasteiger partial charge on any atom is 0.335 e. The second-order valence-electron chi connectivity index (χ2n) is 4.50. The largest absolute Gasteiger partial charge is 0.478 e. The number of carbonyl (C=O) groups is 2. The summed E-state index contributed by atoms with van der Waals surface area (Å²) in [7, 11) is 0. The Labute approximate surface area is 120 Å². The minimum absolute atomic E-state index is 0.0627. The van der Waals surface area contributed by atoms with Crippen LogP contribution in [-0.2, 0) is 0 Å². The third kappa shape index (κ3) is 2.74. The van der Waals surface area contributed by atoms with E-state index in [1.165, 1.54) is 6.07 Å². The summed E-state index contributed by atoms with van der Waals surface area (Å²) < 4.78 is 0. The van der Waals surface area contributed by atoms with E-state index in [1.54, 1.807) is 31.2 Å². The molecule has 2 N–H and O–H groups in total. The third-order valence-electron chi connectivity index (χ3n) is 3.19. The summed E-state index contributed by atoms with van der Waals surface area (Å²) in [4.78, 5) is 22.4. The molecule has 0 spiro atoms. The lowest BCUT2D eigenvalue weighted by Gasteiger charge is -2.11. The molecule has 0 saturated heterocycles. The zero-order valence-corrected chi connectivity index (χ0v) is 11.1. The van der Waals surface area contributed by atoms with Crippen LogP contribution in [0.15, 0.2) is 36.4 Å². The lowest BCUT2D eigenvalue weighted by molar-refractivity contribution is 0.0695. The molecule has 0 aromatic heterocycles. The van der Waals surface area contributed by atoms with Gasteiger partial charge in [0.1, 0.15) is 0 Å². The highest BCUT2D eigenvalue weighted by Gasteiger charge is 2.17. The van der Waals surface area contributed by atoms with Gasteiger partial charge in [0.15, 0.2) is 0 Å². The lowest BCUT2D eigenvalue weighted by atomic mass is 9.93. The van der Waals surface area contributed by atoms with Crippen molar-refractivity contribution in [3.8, 4) is 17.2 Å². The Morgan fingerprint density at radius 1 is 1.10 bits per heavy atom. The number of hydrogen-bond acceptors (Lipinski definition) is 3. The predicted octanol–water partition coefficient (Wildman–Crippen LogP) is 2.93. The molecule has 0 aliphatic rings. The fourth-order valence-electron chi connectivity index (χ4n) is 2.12. The monoisotopic (exact) mass is 281 g/mol. The highest BCUT2D eigenvalue weighted by Crippen LogP contribution is 2.28. The SMILES string of the molecule is Cc1c(C(=O)O)cc(C(=O)O)cc1-c1cccc(C#N)c1. The zero-order valence-electron chi connectivity index (χ0n) is 11.1. The van der Waals surface area contributed by atoms with E-state index in [-0.39, 0.29) is 11.1 Å². The molecule has 104 valence electrons. The van der Waals surface area contributed by atoms with Gasteiger partial charge in [-0.3, -0.25) is 0 Å². The van der Waals surface area contributed by atoms with E-state index in [0.29, 0.717) is 22.3 Å². The Morgan fingerprint density at radius 2 is 1.81 bits per heavy atom. The van der Waals surface area contributed by atoms with Gasteiger partial charge in [-0.15, -0.1) is 0 Å². The molecule has 0 heterocycles. The van der Waals surface area contributed by atoms with Gasteiger partial charge in [0.05, 0.1) is 22.8 Å². The van der Waals surface area contributed by atoms with Crippen LogP contribution in [0, 0.1) is 18.3 Å². The van der Waals surface area contributed by atoms with Gasteiger partial charge in [0.25, 0.3) is 0 Å². The summed E-state index contributed by atoms with van der Waals surface area (Å²) in [6.45, 7) is 1.61. The minimum Gasteiger partial charge on any atom is -0.478 e. The first-order valence-corrected chi connectivity index (χ1v) is 6.06. The molecule has 0 bridgehead atoms. The van der Waals surface area contributed by atoms with Crippen LogP contribution in [-0.4, -0.2) is 22.2 Å². The van der Waals surface area contributed by atoms with E-state index in [9.17, 15) is 14.7 Å². The van der Waals surface area contributed by atoms with E-state index in [4.69, 9.17) is 10.4 Å². The van der Waals surface area contributed by atoms with Crippen molar-refractivity contribution < 1.29 is 19.8 Å². The molecule has 0 amide bonds. The Hall–Kier alpha value is -3.13. The van der Waals surface area contributed by atoms with Crippen molar-refractivity contribution in [3.05, 3.63) is 58.7 Å². The van der Waals surface area contributed by atoms with Crippen molar-refractivity contribution in [2.45, 2.75) is 6.92 Å². The summed E-state index contributed by atoms with van der Waals surface area (Å²) in [6, 6.07) is 11.1. The van der Waals surface area contributed by atoms with Crippen LogP contribution in [0.25, 0.3) is 11.1 Å². The fraction of sp³-hybridized carbons (Fsp3) is 0.0625. The number of nitriles is 1. The molecular formula is C16H11NO4. The van der Waals surface area contributed by atoms with Crippen LogP contribution in [0.1, 0.15) is 31.8 Å². The zero-order chi connectivity index (χ0) is 15.6. The van der Waals surface area contributed by atoms with Gasteiger partial charge >= 0.3 is 11.9 Å². The number of carboxylic acid groups (broad SMARTS) is 2. The Kier molecular flexibility index (Phi) is 3.72. The predicted molar refractivity (Wildman–Crippen MR) is 75.2 cm³/mol. The highest BCUT2D eigenvalue weighted by molar-refractivity contribution is 5.98.